The normalized spacial score (nSPS) is 25.3. The average Bonchev–Trinajstić information content (AvgIpc) is 3.22. The quantitative estimate of drug-likeness (QED) is 0.195. The number of unbranched alkanes of at least 4 members (excludes halogenated alkanes) is 9. The van der Waals surface area contributed by atoms with Gasteiger partial charge < -0.3 is 4.74 Å². The number of carbonyl (C=O) groups is 1. The van der Waals surface area contributed by atoms with E-state index < -0.39 is 0 Å². The molecular formula is C31H50O2. The van der Waals surface area contributed by atoms with Gasteiger partial charge in [0.25, 0.3) is 0 Å². The third kappa shape index (κ3) is 8.76. The third-order valence-corrected chi connectivity index (χ3v) is 8.34. The highest BCUT2D eigenvalue weighted by Gasteiger charge is 2.34. The summed E-state index contributed by atoms with van der Waals surface area (Å²) in [4.78, 5) is 12.4. The number of ether oxygens (including phenoxy) is 1. The van der Waals surface area contributed by atoms with Crippen LogP contribution in [0.25, 0.3) is 0 Å². The number of rotatable bonds is 15. The summed E-state index contributed by atoms with van der Waals surface area (Å²) in [6.07, 6.45) is 23.5. The first kappa shape index (κ1) is 26.3. The summed E-state index contributed by atoms with van der Waals surface area (Å²) in [5, 5.41) is 0. The fraction of sp³-hybridized carbons (Fsp3) is 0.774. The monoisotopic (exact) mass is 454 g/mol. The maximum atomic E-state index is 12.4. The van der Waals surface area contributed by atoms with Crippen LogP contribution in [0.3, 0.4) is 0 Å². The van der Waals surface area contributed by atoms with Crippen LogP contribution in [0.4, 0.5) is 0 Å². The lowest BCUT2D eigenvalue weighted by Gasteiger charge is -2.29. The lowest BCUT2D eigenvalue weighted by molar-refractivity contribution is -0.144. The van der Waals surface area contributed by atoms with Crippen LogP contribution in [0.15, 0.2) is 24.3 Å². The molecule has 1 aromatic rings. The van der Waals surface area contributed by atoms with Gasteiger partial charge in [-0.3, -0.25) is 4.79 Å². The van der Waals surface area contributed by atoms with E-state index in [1.54, 1.807) is 0 Å². The standard InChI is InChI=1S/C31H50O2/c1-3-5-7-9-11-13-15-29-24-30(33-31(29)32)28-22-20-27(21-23-28)26-18-16-25(17-19-26)14-12-10-8-6-4-2/h20-23,25-26,29-30H,3-19,24H2,1-2H3. The summed E-state index contributed by atoms with van der Waals surface area (Å²) in [5.74, 6) is 1.83. The van der Waals surface area contributed by atoms with Crippen molar-refractivity contribution in [2.45, 2.75) is 141 Å². The van der Waals surface area contributed by atoms with Crippen molar-refractivity contribution >= 4 is 5.97 Å². The van der Waals surface area contributed by atoms with Gasteiger partial charge in [0.1, 0.15) is 6.10 Å². The fourth-order valence-electron chi connectivity index (χ4n) is 6.05. The topological polar surface area (TPSA) is 26.3 Å². The minimum Gasteiger partial charge on any atom is -0.457 e. The van der Waals surface area contributed by atoms with Crippen molar-refractivity contribution in [2.75, 3.05) is 0 Å². The van der Waals surface area contributed by atoms with E-state index in [0.717, 1.165) is 31.1 Å². The predicted octanol–water partition coefficient (Wildman–Crippen LogP) is 9.68. The molecule has 1 aliphatic heterocycles. The molecule has 0 spiro atoms. The highest BCUT2D eigenvalue weighted by Crippen LogP contribution is 2.40. The molecule has 2 aliphatic rings. The van der Waals surface area contributed by atoms with Gasteiger partial charge in [0.05, 0.1) is 5.92 Å². The molecule has 2 atom stereocenters. The number of cyclic esters (lactones) is 1. The van der Waals surface area contributed by atoms with Gasteiger partial charge >= 0.3 is 5.97 Å². The lowest BCUT2D eigenvalue weighted by Crippen LogP contribution is -2.13. The molecule has 3 rings (SSSR count). The third-order valence-electron chi connectivity index (χ3n) is 8.34. The van der Waals surface area contributed by atoms with Crippen LogP contribution >= 0.6 is 0 Å². The van der Waals surface area contributed by atoms with Crippen LogP contribution in [0.5, 0.6) is 0 Å². The van der Waals surface area contributed by atoms with Crippen molar-refractivity contribution < 1.29 is 9.53 Å². The SMILES string of the molecule is CCCCCCCCC1CC(c2ccc(C3CCC(CCCCCCC)CC3)cc2)OC1=O. The second-order valence-corrected chi connectivity index (χ2v) is 11.0. The summed E-state index contributed by atoms with van der Waals surface area (Å²) in [6.45, 7) is 4.55. The van der Waals surface area contributed by atoms with Crippen molar-refractivity contribution in [1.82, 2.24) is 0 Å². The van der Waals surface area contributed by atoms with Gasteiger partial charge in [-0.05, 0) is 55.1 Å². The largest absolute Gasteiger partial charge is 0.457 e. The maximum Gasteiger partial charge on any atom is 0.309 e. The molecule has 186 valence electrons. The zero-order chi connectivity index (χ0) is 23.3. The van der Waals surface area contributed by atoms with E-state index in [1.807, 2.05) is 0 Å². The first-order valence-corrected chi connectivity index (χ1v) is 14.5. The van der Waals surface area contributed by atoms with Crippen molar-refractivity contribution in [2.24, 2.45) is 11.8 Å². The molecule has 0 aromatic heterocycles. The Kier molecular flexibility index (Phi) is 11.8. The van der Waals surface area contributed by atoms with Gasteiger partial charge in [0.2, 0.25) is 0 Å². The molecular weight excluding hydrogens is 404 g/mol. The van der Waals surface area contributed by atoms with Crippen LogP contribution < -0.4 is 0 Å². The van der Waals surface area contributed by atoms with Gasteiger partial charge in [-0.15, -0.1) is 0 Å². The van der Waals surface area contributed by atoms with Crippen LogP contribution in [-0.4, -0.2) is 5.97 Å². The summed E-state index contributed by atoms with van der Waals surface area (Å²) in [7, 11) is 0. The van der Waals surface area contributed by atoms with E-state index in [0.29, 0.717) is 0 Å². The Hall–Kier alpha value is -1.31. The second-order valence-electron chi connectivity index (χ2n) is 11.0. The Labute approximate surface area is 204 Å². The van der Waals surface area contributed by atoms with Crippen LogP contribution in [0, 0.1) is 11.8 Å². The zero-order valence-electron chi connectivity index (χ0n) is 21.7. The Morgan fingerprint density at radius 3 is 1.88 bits per heavy atom. The number of hydrogen-bond acceptors (Lipinski definition) is 2. The number of hydrogen-bond donors (Lipinski definition) is 0. The molecule has 0 amide bonds. The van der Waals surface area contributed by atoms with Crippen LogP contribution in [0.1, 0.15) is 153 Å². The molecule has 33 heavy (non-hydrogen) atoms. The Morgan fingerprint density at radius 1 is 0.697 bits per heavy atom. The molecule has 2 fully saturated rings. The van der Waals surface area contributed by atoms with Gasteiger partial charge in [0.15, 0.2) is 0 Å². The van der Waals surface area contributed by atoms with E-state index in [2.05, 4.69) is 38.1 Å². The highest BCUT2D eigenvalue weighted by atomic mass is 16.6. The van der Waals surface area contributed by atoms with Crippen LogP contribution in [0.2, 0.25) is 0 Å². The maximum absolute atomic E-state index is 12.4. The zero-order valence-corrected chi connectivity index (χ0v) is 21.7. The fourth-order valence-corrected chi connectivity index (χ4v) is 6.05. The average molecular weight is 455 g/mol. The predicted molar refractivity (Wildman–Crippen MR) is 139 cm³/mol. The minimum atomic E-state index is -0.0277. The molecule has 0 N–H and O–H groups in total. The molecule has 1 saturated carbocycles. The number of benzene rings is 1. The Bertz CT molecular complexity index is 656. The van der Waals surface area contributed by atoms with Crippen molar-refractivity contribution in [3.8, 4) is 0 Å². The summed E-state index contributed by atoms with van der Waals surface area (Å²) < 4.78 is 5.78. The van der Waals surface area contributed by atoms with Crippen molar-refractivity contribution in [1.29, 1.82) is 0 Å². The Balaban J connectivity index is 1.37. The molecule has 0 radical (unpaired) electrons. The smallest absolute Gasteiger partial charge is 0.309 e. The summed E-state index contributed by atoms with van der Waals surface area (Å²) in [5.41, 5.74) is 2.69. The first-order chi connectivity index (χ1) is 16.2. The molecule has 2 unspecified atom stereocenters. The number of carbonyl (C=O) groups excluding carboxylic acids is 1. The first-order valence-electron chi connectivity index (χ1n) is 14.5. The Morgan fingerprint density at radius 2 is 1.24 bits per heavy atom. The number of esters is 1. The van der Waals surface area contributed by atoms with E-state index >= 15 is 0 Å². The molecule has 1 heterocycles. The van der Waals surface area contributed by atoms with Gasteiger partial charge in [-0.25, -0.2) is 0 Å². The molecule has 1 saturated heterocycles. The summed E-state index contributed by atoms with van der Waals surface area (Å²) in [6, 6.07) is 9.11. The molecule has 1 aromatic carbocycles. The van der Waals surface area contributed by atoms with Gasteiger partial charge in [-0.2, -0.15) is 0 Å². The van der Waals surface area contributed by atoms with E-state index in [9.17, 15) is 4.79 Å². The van der Waals surface area contributed by atoms with Gasteiger partial charge in [-0.1, -0.05) is 115 Å². The van der Waals surface area contributed by atoms with Crippen molar-refractivity contribution in [3.63, 3.8) is 0 Å². The van der Waals surface area contributed by atoms with E-state index in [1.165, 1.54) is 107 Å². The highest BCUT2D eigenvalue weighted by molar-refractivity contribution is 5.74. The van der Waals surface area contributed by atoms with Crippen LogP contribution in [-0.2, 0) is 9.53 Å². The van der Waals surface area contributed by atoms with Gasteiger partial charge in [0, 0.05) is 6.42 Å². The minimum absolute atomic E-state index is 0.0277. The van der Waals surface area contributed by atoms with E-state index in [-0.39, 0.29) is 18.0 Å². The lowest BCUT2D eigenvalue weighted by atomic mass is 9.77. The van der Waals surface area contributed by atoms with Crippen molar-refractivity contribution in [3.05, 3.63) is 35.4 Å². The van der Waals surface area contributed by atoms with E-state index in [4.69, 9.17) is 4.74 Å². The second kappa shape index (κ2) is 14.8. The summed E-state index contributed by atoms with van der Waals surface area (Å²) >= 11 is 0. The molecule has 2 heteroatoms. The molecule has 2 nitrogen and oxygen atoms in total. The molecule has 0 bridgehead atoms. The molecule has 1 aliphatic carbocycles.